The molecule has 4 heteroatoms. The molecule has 0 aliphatic carbocycles. The Morgan fingerprint density at radius 3 is 2.53 bits per heavy atom. The number of para-hydroxylation sites is 1. The van der Waals surface area contributed by atoms with Crippen molar-refractivity contribution >= 4 is 28.9 Å². The Morgan fingerprint density at radius 1 is 1.35 bits per heavy atom. The molecular formula is C13H17Cl2NO. The SMILES string of the molecule is CC1(C)CCC(CNc2c(Cl)cccc2Cl)O1. The van der Waals surface area contributed by atoms with Crippen LogP contribution in [0.2, 0.25) is 10.0 Å². The van der Waals surface area contributed by atoms with Gasteiger partial charge in [0.2, 0.25) is 0 Å². The fourth-order valence-corrected chi connectivity index (χ4v) is 2.64. The van der Waals surface area contributed by atoms with Crippen molar-refractivity contribution in [1.82, 2.24) is 0 Å². The maximum absolute atomic E-state index is 6.08. The third-order valence-electron chi connectivity index (χ3n) is 3.02. The highest BCUT2D eigenvalue weighted by Crippen LogP contribution is 2.32. The highest BCUT2D eigenvalue weighted by molar-refractivity contribution is 6.39. The van der Waals surface area contributed by atoms with Crippen LogP contribution in [-0.2, 0) is 4.74 Å². The van der Waals surface area contributed by atoms with Crippen molar-refractivity contribution in [2.24, 2.45) is 0 Å². The van der Waals surface area contributed by atoms with Crippen LogP contribution in [0.25, 0.3) is 0 Å². The zero-order valence-electron chi connectivity index (χ0n) is 10.1. The third-order valence-corrected chi connectivity index (χ3v) is 3.65. The summed E-state index contributed by atoms with van der Waals surface area (Å²) in [6.07, 6.45) is 2.40. The minimum absolute atomic E-state index is 0.00335. The number of rotatable bonds is 3. The van der Waals surface area contributed by atoms with Crippen LogP contribution in [0.4, 0.5) is 5.69 Å². The van der Waals surface area contributed by atoms with Crippen LogP contribution in [0.1, 0.15) is 26.7 Å². The van der Waals surface area contributed by atoms with E-state index >= 15 is 0 Å². The first-order valence-corrected chi connectivity index (χ1v) is 6.59. The van der Waals surface area contributed by atoms with Gasteiger partial charge in [-0.05, 0) is 38.8 Å². The molecular weight excluding hydrogens is 257 g/mol. The van der Waals surface area contributed by atoms with Gasteiger partial charge in [-0.1, -0.05) is 29.3 Å². The Morgan fingerprint density at radius 2 is 2.00 bits per heavy atom. The molecule has 1 N–H and O–H groups in total. The van der Waals surface area contributed by atoms with Crippen LogP contribution in [0.15, 0.2) is 18.2 Å². The highest BCUT2D eigenvalue weighted by Gasteiger charge is 2.31. The van der Waals surface area contributed by atoms with Crippen molar-refractivity contribution in [1.29, 1.82) is 0 Å². The lowest BCUT2D eigenvalue weighted by atomic mass is 10.1. The molecule has 0 radical (unpaired) electrons. The largest absolute Gasteiger partial charge is 0.380 e. The molecule has 94 valence electrons. The summed E-state index contributed by atoms with van der Waals surface area (Å²) < 4.78 is 5.90. The Bertz CT molecular complexity index is 386. The van der Waals surface area contributed by atoms with Gasteiger partial charge in [0.15, 0.2) is 0 Å². The summed E-state index contributed by atoms with van der Waals surface area (Å²) in [6.45, 7) is 4.98. The van der Waals surface area contributed by atoms with E-state index in [4.69, 9.17) is 27.9 Å². The monoisotopic (exact) mass is 273 g/mol. The number of hydrogen-bond donors (Lipinski definition) is 1. The van der Waals surface area contributed by atoms with E-state index in [1.807, 2.05) is 18.2 Å². The van der Waals surface area contributed by atoms with Gasteiger partial charge in [-0.15, -0.1) is 0 Å². The molecule has 1 aromatic carbocycles. The summed E-state index contributed by atoms with van der Waals surface area (Å²) in [4.78, 5) is 0. The molecule has 2 rings (SSSR count). The lowest BCUT2D eigenvalue weighted by Crippen LogP contribution is -2.24. The molecule has 0 amide bonds. The van der Waals surface area contributed by atoms with Crippen molar-refractivity contribution in [3.8, 4) is 0 Å². The van der Waals surface area contributed by atoms with E-state index in [0.29, 0.717) is 10.0 Å². The Kier molecular flexibility index (Phi) is 3.86. The lowest BCUT2D eigenvalue weighted by molar-refractivity contribution is -0.00910. The molecule has 1 saturated heterocycles. The van der Waals surface area contributed by atoms with E-state index in [1.165, 1.54) is 0 Å². The van der Waals surface area contributed by atoms with Crippen LogP contribution in [0.5, 0.6) is 0 Å². The molecule has 1 fully saturated rings. The van der Waals surface area contributed by atoms with Crippen LogP contribution < -0.4 is 5.32 Å². The zero-order chi connectivity index (χ0) is 12.5. The van der Waals surface area contributed by atoms with Crippen molar-refractivity contribution in [2.45, 2.75) is 38.4 Å². The van der Waals surface area contributed by atoms with E-state index < -0.39 is 0 Å². The fraction of sp³-hybridized carbons (Fsp3) is 0.538. The first kappa shape index (κ1) is 13.0. The number of benzene rings is 1. The van der Waals surface area contributed by atoms with Gasteiger partial charge < -0.3 is 10.1 Å². The van der Waals surface area contributed by atoms with E-state index in [0.717, 1.165) is 25.1 Å². The maximum atomic E-state index is 6.08. The van der Waals surface area contributed by atoms with E-state index in [-0.39, 0.29) is 11.7 Å². The summed E-state index contributed by atoms with van der Waals surface area (Å²) in [5.41, 5.74) is 0.792. The van der Waals surface area contributed by atoms with Crippen molar-refractivity contribution < 1.29 is 4.74 Å². The Hall–Kier alpha value is -0.440. The molecule has 0 saturated carbocycles. The molecule has 1 atom stereocenters. The topological polar surface area (TPSA) is 21.3 Å². The predicted molar refractivity (Wildman–Crippen MR) is 73.1 cm³/mol. The second-order valence-corrected chi connectivity index (χ2v) is 5.83. The second-order valence-electron chi connectivity index (χ2n) is 5.02. The molecule has 0 bridgehead atoms. The van der Waals surface area contributed by atoms with Crippen LogP contribution in [-0.4, -0.2) is 18.2 Å². The van der Waals surface area contributed by atoms with E-state index in [2.05, 4.69) is 19.2 Å². The molecule has 2 nitrogen and oxygen atoms in total. The lowest BCUT2D eigenvalue weighted by Gasteiger charge is -2.20. The Balaban J connectivity index is 1.95. The summed E-state index contributed by atoms with van der Waals surface area (Å²) >= 11 is 12.2. The average Bonchev–Trinajstić information content (AvgIpc) is 2.57. The molecule has 0 spiro atoms. The van der Waals surface area contributed by atoms with Crippen molar-refractivity contribution in [2.75, 3.05) is 11.9 Å². The summed E-state index contributed by atoms with van der Waals surface area (Å²) in [5.74, 6) is 0. The van der Waals surface area contributed by atoms with Gasteiger partial charge >= 0.3 is 0 Å². The number of ether oxygens (including phenoxy) is 1. The van der Waals surface area contributed by atoms with E-state index in [1.54, 1.807) is 0 Å². The summed E-state index contributed by atoms with van der Waals surface area (Å²) in [5, 5.41) is 4.57. The third kappa shape index (κ3) is 3.27. The van der Waals surface area contributed by atoms with Gasteiger partial charge in [-0.3, -0.25) is 0 Å². The van der Waals surface area contributed by atoms with Gasteiger partial charge in [0.05, 0.1) is 27.4 Å². The summed E-state index contributed by atoms with van der Waals surface area (Å²) in [7, 11) is 0. The first-order chi connectivity index (χ1) is 7.98. The predicted octanol–water partition coefficient (Wildman–Crippen LogP) is 4.36. The molecule has 0 aromatic heterocycles. The van der Waals surface area contributed by atoms with Crippen LogP contribution in [0.3, 0.4) is 0 Å². The molecule has 17 heavy (non-hydrogen) atoms. The minimum atomic E-state index is -0.00335. The normalized spacial score (nSPS) is 22.7. The van der Waals surface area contributed by atoms with Gasteiger partial charge in [-0.25, -0.2) is 0 Å². The molecule has 1 heterocycles. The number of hydrogen-bond acceptors (Lipinski definition) is 2. The maximum Gasteiger partial charge on any atom is 0.0755 e. The number of nitrogens with one attached hydrogen (secondary N) is 1. The average molecular weight is 274 g/mol. The molecule has 1 aromatic rings. The zero-order valence-corrected chi connectivity index (χ0v) is 11.6. The van der Waals surface area contributed by atoms with Crippen LogP contribution in [0, 0.1) is 0 Å². The Labute approximate surface area is 112 Å². The fourth-order valence-electron chi connectivity index (χ4n) is 2.10. The van der Waals surface area contributed by atoms with E-state index in [9.17, 15) is 0 Å². The molecule has 1 aliphatic heterocycles. The van der Waals surface area contributed by atoms with Gasteiger partial charge in [0.1, 0.15) is 0 Å². The standard InChI is InChI=1S/C13H17Cl2NO/c1-13(2)7-6-9(17-13)8-16-12-10(14)4-3-5-11(12)15/h3-5,9,16H,6-8H2,1-2H3. The highest BCUT2D eigenvalue weighted by atomic mass is 35.5. The number of halogens is 2. The minimum Gasteiger partial charge on any atom is -0.380 e. The molecule has 1 aliphatic rings. The number of anilines is 1. The van der Waals surface area contributed by atoms with Gasteiger partial charge in [-0.2, -0.15) is 0 Å². The quantitative estimate of drug-likeness (QED) is 0.884. The van der Waals surface area contributed by atoms with Crippen LogP contribution >= 0.6 is 23.2 Å². The summed E-state index contributed by atoms with van der Waals surface area (Å²) in [6, 6.07) is 5.50. The first-order valence-electron chi connectivity index (χ1n) is 5.84. The van der Waals surface area contributed by atoms with Gasteiger partial charge in [0, 0.05) is 6.54 Å². The van der Waals surface area contributed by atoms with Gasteiger partial charge in [0.25, 0.3) is 0 Å². The second kappa shape index (κ2) is 5.05. The van der Waals surface area contributed by atoms with Crippen molar-refractivity contribution in [3.63, 3.8) is 0 Å². The van der Waals surface area contributed by atoms with Crippen molar-refractivity contribution in [3.05, 3.63) is 28.2 Å². The smallest absolute Gasteiger partial charge is 0.0755 e. The molecule has 1 unspecified atom stereocenters.